The highest BCUT2D eigenvalue weighted by Crippen LogP contribution is 2.41. The van der Waals surface area contributed by atoms with Gasteiger partial charge in [-0.1, -0.05) is 52.8 Å². The highest BCUT2D eigenvalue weighted by atomic mass is 28.4. The highest BCUT2D eigenvalue weighted by molar-refractivity contribution is 6.74. The molecule has 0 aromatic rings. The molecule has 1 rings (SSSR count). The summed E-state index contributed by atoms with van der Waals surface area (Å²) >= 11 is 0. The lowest BCUT2D eigenvalue weighted by Crippen LogP contribution is -2.47. The van der Waals surface area contributed by atoms with Crippen molar-refractivity contribution in [2.24, 2.45) is 11.3 Å². The van der Waals surface area contributed by atoms with Gasteiger partial charge in [0, 0.05) is 0 Å². The van der Waals surface area contributed by atoms with Gasteiger partial charge in [0.2, 0.25) is 0 Å². The van der Waals surface area contributed by atoms with Gasteiger partial charge in [-0.3, -0.25) is 0 Å². The van der Waals surface area contributed by atoms with Crippen LogP contribution in [0, 0.1) is 11.3 Å². The zero-order chi connectivity index (χ0) is 15.6. The van der Waals surface area contributed by atoms with Crippen LogP contribution in [-0.2, 0) is 4.43 Å². The van der Waals surface area contributed by atoms with Gasteiger partial charge in [0.05, 0.1) is 6.10 Å². The average Bonchev–Trinajstić information content (AvgIpc) is 3.05. The Morgan fingerprint density at radius 2 is 1.75 bits per heavy atom. The fraction of sp³-hybridized carbons (Fsp3) is 0.778. The summed E-state index contributed by atoms with van der Waals surface area (Å²) in [5.41, 5.74) is 0.114. The van der Waals surface area contributed by atoms with E-state index in [9.17, 15) is 0 Å². The molecule has 0 bridgehead atoms. The van der Waals surface area contributed by atoms with Crippen LogP contribution in [-0.4, -0.2) is 14.4 Å². The second-order valence-electron chi connectivity index (χ2n) is 8.50. The molecule has 0 saturated heterocycles. The van der Waals surface area contributed by atoms with Crippen molar-refractivity contribution in [1.29, 1.82) is 0 Å². The molecule has 1 fully saturated rings. The maximum atomic E-state index is 6.70. The first-order valence-corrected chi connectivity index (χ1v) is 10.9. The maximum absolute atomic E-state index is 6.70. The molecule has 0 amide bonds. The maximum Gasteiger partial charge on any atom is 0.192 e. The molecule has 1 saturated carbocycles. The smallest absolute Gasteiger partial charge is 0.192 e. The summed E-state index contributed by atoms with van der Waals surface area (Å²) in [5.74, 6) is 0.806. The third-order valence-corrected chi connectivity index (χ3v) is 9.30. The Kier molecular flexibility index (Phi) is 5.48. The van der Waals surface area contributed by atoms with Crippen molar-refractivity contribution in [1.82, 2.24) is 0 Å². The zero-order valence-electron chi connectivity index (χ0n) is 14.6. The van der Waals surface area contributed by atoms with E-state index in [4.69, 9.17) is 4.43 Å². The Hall–Kier alpha value is -0.343. The molecular weight excluding hydrogens is 260 g/mol. The van der Waals surface area contributed by atoms with E-state index < -0.39 is 8.32 Å². The molecule has 116 valence electrons. The lowest BCUT2D eigenvalue weighted by atomic mass is 9.83. The second kappa shape index (κ2) is 6.19. The predicted octanol–water partition coefficient (Wildman–Crippen LogP) is 5.95. The third kappa shape index (κ3) is 4.89. The van der Waals surface area contributed by atoms with E-state index in [0.29, 0.717) is 0 Å². The van der Waals surface area contributed by atoms with Crippen molar-refractivity contribution < 1.29 is 4.43 Å². The molecular formula is C18H34OSi. The van der Waals surface area contributed by atoms with Gasteiger partial charge in [0.1, 0.15) is 0 Å². The Labute approximate surface area is 127 Å². The quantitative estimate of drug-likeness (QED) is 0.417. The van der Waals surface area contributed by atoms with Crippen LogP contribution in [0.2, 0.25) is 18.1 Å². The minimum Gasteiger partial charge on any atom is -0.410 e. The van der Waals surface area contributed by atoms with E-state index in [1.54, 1.807) is 0 Å². The van der Waals surface area contributed by atoms with E-state index in [-0.39, 0.29) is 16.6 Å². The van der Waals surface area contributed by atoms with Crippen LogP contribution >= 0.6 is 0 Å². The largest absolute Gasteiger partial charge is 0.410 e. The Morgan fingerprint density at radius 3 is 2.15 bits per heavy atom. The standard InChI is InChI=1S/C18H34OSi/c1-9-14-18(5,6)16(13-12-15-10-11-15)19-20(7,8)17(2,3)4/h9,12-13,15-16H,1,10-11,14H2,2-8H3/b13-12+/t16-/m1/s1. The highest BCUT2D eigenvalue weighted by Gasteiger charge is 2.41. The van der Waals surface area contributed by atoms with Crippen molar-refractivity contribution >= 4 is 8.32 Å². The first-order chi connectivity index (χ1) is 8.99. The van der Waals surface area contributed by atoms with Crippen molar-refractivity contribution in [2.45, 2.75) is 78.1 Å². The molecule has 20 heavy (non-hydrogen) atoms. The van der Waals surface area contributed by atoms with Gasteiger partial charge >= 0.3 is 0 Å². The Balaban J connectivity index is 2.89. The van der Waals surface area contributed by atoms with Gasteiger partial charge < -0.3 is 4.43 Å². The van der Waals surface area contributed by atoms with Crippen molar-refractivity contribution in [2.75, 3.05) is 0 Å². The summed E-state index contributed by atoms with van der Waals surface area (Å²) in [6, 6.07) is 0. The third-order valence-electron chi connectivity index (χ3n) is 4.85. The predicted molar refractivity (Wildman–Crippen MR) is 92.5 cm³/mol. The molecule has 0 spiro atoms. The van der Waals surface area contributed by atoms with Crippen LogP contribution < -0.4 is 0 Å². The van der Waals surface area contributed by atoms with Crippen molar-refractivity contribution in [3.63, 3.8) is 0 Å². The summed E-state index contributed by atoms with van der Waals surface area (Å²) in [7, 11) is -1.74. The van der Waals surface area contributed by atoms with Crippen molar-refractivity contribution in [3.8, 4) is 0 Å². The number of hydrogen-bond acceptors (Lipinski definition) is 1. The fourth-order valence-corrected chi connectivity index (χ4v) is 3.37. The minimum atomic E-state index is -1.74. The summed E-state index contributed by atoms with van der Waals surface area (Å²) in [6.45, 7) is 20.1. The molecule has 0 aromatic carbocycles. The van der Waals surface area contributed by atoms with Gasteiger partial charge in [0.25, 0.3) is 0 Å². The van der Waals surface area contributed by atoms with E-state index in [2.05, 4.69) is 66.4 Å². The van der Waals surface area contributed by atoms with Gasteiger partial charge in [-0.25, -0.2) is 0 Å². The van der Waals surface area contributed by atoms with E-state index >= 15 is 0 Å². The van der Waals surface area contributed by atoms with Crippen LogP contribution in [0.3, 0.4) is 0 Å². The van der Waals surface area contributed by atoms with E-state index in [0.717, 1.165) is 12.3 Å². The SMILES string of the molecule is C=CCC(C)(C)[C@@H](/C=C/C1CC1)O[Si](C)(C)C(C)(C)C. The number of hydrogen-bond donors (Lipinski definition) is 0. The number of rotatable bonds is 7. The lowest BCUT2D eigenvalue weighted by Gasteiger charge is -2.43. The summed E-state index contributed by atoms with van der Waals surface area (Å²) in [6.07, 6.45) is 10.6. The van der Waals surface area contributed by atoms with E-state index in [1.165, 1.54) is 12.8 Å². The van der Waals surface area contributed by atoms with E-state index in [1.807, 2.05) is 6.08 Å². The fourth-order valence-electron chi connectivity index (χ4n) is 1.99. The van der Waals surface area contributed by atoms with Crippen molar-refractivity contribution in [3.05, 3.63) is 24.8 Å². The van der Waals surface area contributed by atoms with Crippen LogP contribution in [0.4, 0.5) is 0 Å². The molecule has 0 unspecified atom stereocenters. The molecule has 1 atom stereocenters. The number of allylic oxidation sites excluding steroid dienone is 2. The van der Waals surface area contributed by atoms with Gasteiger partial charge in [-0.2, -0.15) is 0 Å². The first-order valence-electron chi connectivity index (χ1n) is 7.97. The normalized spacial score (nSPS) is 19.4. The topological polar surface area (TPSA) is 9.23 Å². The lowest BCUT2D eigenvalue weighted by molar-refractivity contribution is 0.101. The van der Waals surface area contributed by atoms with Crippen LogP contribution in [0.25, 0.3) is 0 Å². The van der Waals surface area contributed by atoms with Gasteiger partial charge in [0.15, 0.2) is 8.32 Å². The first kappa shape index (κ1) is 17.7. The molecule has 0 aliphatic heterocycles. The molecule has 1 nitrogen and oxygen atoms in total. The van der Waals surface area contributed by atoms with Crippen LogP contribution in [0.15, 0.2) is 24.8 Å². The molecule has 0 N–H and O–H groups in total. The summed E-state index contributed by atoms with van der Waals surface area (Å²) in [5, 5.41) is 0.253. The Morgan fingerprint density at radius 1 is 1.20 bits per heavy atom. The monoisotopic (exact) mass is 294 g/mol. The molecule has 0 radical (unpaired) electrons. The summed E-state index contributed by atoms with van der Waals surface area (Å²) < 4.78 is 6.70. The second-order valence-corrected chi connectivity index (χ2v) is 13.3. The average molecular weight is 295 g/mol. The zero-order valence-corrected chi connectivity index (χ0v) is 15.6. The van der Waals surface area contributed by atoms with Crippen LogP contribution in [0.1, 0.15) is 53.9 Å². The van der Waals surface area contributed by atoms with Crippen LogP contribution in [0.5, 0.6) is 0 Å². The molecule has 1 aliphatic rings. The molecule has 0 aromatic heterocycles. The van der Waals surface area contributed by atoms with Gasteiger partial charge in [-0.05, 0) is 48.7 Å². The molecule has 0 heterocycles. The summed E-state index contributed by atoms with van der Waals surface area (Å²) in [4.78, 5) is 0. The van der Waals surface area contributed by atoms with Gasteiger partial charge in [-0.15, -0.1) is 6.58 Å². The minimum absolute atomic E-state index is 0.114. The molecule has 2 heteroatoms. The Bertz CT molecular complexity index is 356. The molecule has 1 aliphatic carbocycles.